The lowest BCUT2D eigenvalue weighted by Crippen LogP contribution is -2.50. The molecule has 3 rings (SSSR count). The zero-order chi connectivity index (χ0) is 20.6. The van der Waals surface area contributed by atoms with Crippen molar-refractivity contribution in [3.8, 4) is 11.8 Å². The molecule has 0 radical (unpaired) electrons. The predicted molar refractivity (Wildman–Crippen MR) is 99.6 cm³/mol. The number of nitriles is 1. The lowest BCUT2D eigenvalue weighted by atomic mass is 10.0. The Morgan fingerprint density at radius 2 is 2.25 bits per heavy atom. The lowest BCUT2D eigenvalue weighted by molar-refractivity contribution is 0.0292. The third-order valence-corrected chi connectivity index (χ3v) is 5.55. The highest BCUT2D eigenvalue weighted by atomic mass is 32.2. The first kappa shape index (κ1) is 20.0. The van der Waals surface area contributed by atoms with Crippen molar-refractivity contribution in [2.75, 3.05) is 11.9 Å². The highest BCUT2D eigenvalue weighted by Crippen LogP contribution is 2.32. The predicted octanol–water partition coefficient (Wildman–Crippen LogP) is 1.43. The van der Waals surface area contributed by atoms with Gasteiger partial charge in [0.15, 0.2) is 11.4 Å². The van der Waals surface area contributed by atoms with Gasteiger partial charge in [-0.1, -0.05) is 0 Å². The van der Waals surface area contributed by atoms with Crippen molar-refractivity contribution in [2.24, 2.45) is 7.05 Å². The van der Waals surface area contributed by atoms with E-state index in [1.54, 1.807) is 27.0 Å². The molecule has 0 saturated heterocycles. The fourth-order valence-electron chi connectivity index (χ4n) is 2.73. The average Bonchev–Trinajstić information content (AvgIpc) is 2.86. The number of anilines is 1. The van der Waals surface area contributed by atoms with Gasteiger partial charge in [-0.2, -0.15) is 5.26 Å². The van der Waals surface area contributed by atoms with E-state index in [-0.39, 0.29) is 34.2 Å². The number of hydrogen-bond donors (Lipinski definition) is 3. The molecule has 1 aromatic carbocycles. The largest absolute Gasteiger partial charge is 0.488 e. The zero-order valence-corrected chi connectivity index (χ0v) is 16.3. The van der Waals surface area contributed by atoms with Gasteiger partial charge in [0, 0.05) is 18.9 Å². The lowest BCUT2D eigenvalue weighted by Gasteiger charge is -2.27. The number of halogens is 1. The maximum atomic E-state index is 13.5. The van der Waals surface area contributed by atoms with Crippen LogP contribution in [0.15, 0.2) is 29.3 Å². The van der Waals surface area contributed by atoms with Gasteiger partial charge < -0.3 is 19.7 Å². The van der Waals surface area contributed by atoms with Gasteiger partial charge in [0.2, 0.25) is 0 Å². The molecule has 1 aliphatic rings. The summed E-state index contributed by atoms with van der Waals surface area (Å²) in [6, 6.07) is 4.74. The maximum Gasteiger partial charge on any atom is 0.276 e. The van der Waals surface area contributed by atoms with Gasteiger partial charge in [-0.3, -0.25) is 4.79 Å². The number of amides is 1. The van der Waals surface area contributed by atoms with Crippen LogP contribution in [0.2, 0.25) is 0 Å². The summed E-state index contributed by atoms with van der Waals surface area (Å²) in [7, 11) is -0.0981. The summed E-state index contributed by atoms with van der Waals surface area (Å²) in [6.45, 7) is 3.13. The van der Waals surface area contributed by atoms with Crippen molar-refractivity contribution in [3.63, 3.8) is 0 Å². The van der Waals surface area contributed by atoms with Crippen LogP contribution in [0.3, 0.4) is 0 Å². The SMILES string of the molecule is Cn1cc2c(c1C(=O)Nc1ccc(F)c(C#N)c1)OCC(C(C)(C)O)NS2=O. The smallest absolute Gasteiger partial charge is 0.276 e. The topological polar surface area (TPSA) is 116 Å². The van der Waals surface area contributed by atoms with Crippen molar-refractivity contribution < 1.29 is 23.2 Å². The number of nitrogens with one attached hydrogen (secondary N) is 2. The number of hydrogen-bond acceptors (Lipinski definition) is 5. The molecular formula is C18H19FN4O4S. The van der Waals surface area contributed by atoms with Crippen LogP contribution in [0.5, 0.6) is 5.75 Å². The minimum Gasteiger partial charge on any atom is -0.488 e. The van der Waals surface area contributed by atoms with Gasteiger partial charge in [0.05, 0.1) is 17.2 Å². The molecule has 148 valence electrons. The maximum absolute atomic E-state index is 13.5. The van der Waals surface area contributed by atoms with Crippen LogP contribution in [0.4, 0.5) is 10.1 Å². The molecule has 0 spiro atoms. The van der Waals surface area contributed by atoms with Gasteiger partial charge in [0.1, 0.15) is 34.4 Å². The molecule has 10 heteroatoms. The van der Waals surface area contributed by atoms with Crippen molar-refractivity contribution in [2.45, 2.75) is 30.4 Å². The van der Waals surface area contributed by atoms with Gasteiger partial charge in [-0.05, 0) is 32.0 Å². The number of aliphatic hydroxyl groups is 1. The second-order valence-corrected chi connectivity index (χ2v) is 8.16. The van der Waals surface area contributed by atoms with E-state index in [1.165, 1.54) is 22.9 Å². The summed E-state index contributed by atoms with van der Waals surface area (Å²) >= 11 is 0. The molecular weight excluding hydrogens is 387 g/mol. The van der Waals surface area contributed by atoms with Crippen LogP contribution < -0.4 is 14.8 Å². The number of fused-ring (bicyclic) bond motifs is 1. The van der Waals surface area contributed by atoms with E-state index in [4.69, 9.17) is 10.00 Å². The molecule has 1 amide bonds. The number of rotatable bonds is 3. The first-order valence-electron chi connectivity index (χ1n) is 8.35. The Kier molecular flexibility index (Phi) is 5.25. The van der Waals surface area contributed by atoms with E-state index in [0.717, 1.165) is 6.07 Å². The molecule has 2 unspecified atom stereocenters. The molecule has 8 nitrogen and oxygen atoms in total. The Hall–Kier alpha value is -2.74. The Bertz CT molecular complexity index is 1010. The fraction of sp³-hybridized carbons (Fsp3) is 0.333. The van der Waals surface area contributed by atoms with Crippen LogP contribution in [0, 0.1) is 17.1 Å². The molecule has 0 bridgehead atoms. The molecule has 3 N–H and O–H groups in total. The van der Waals surface area contributed by atoms with Gasteiger partial charge in [-0.25, -0.2) is 13.3 Å². The third-order valence-electron chi connectivity index (χ3n) is 4.36. The van der Waals surface area contributed by atoms with Gasteiger partial charge in [0.25, 0.3) is 5.91 Å². The van der Waals surface area contributed by atoms with E-state index in [1.807, 2.05) is 0 Å². The van der Waals surface area contributed by atoms with Crippen molar-refractivity contribution in [3.05, 3.63) is 41.5 Å². The Labute approximate surface area is 163 Å². The molecule has 28 heavy (non-hydrogen) atoms. The average molecular weight is 406 g/mol. The molecule has 0 fully saturated rings. The number of ether oxygens (including phenoxy) is 1. The van der Waals surface area contributed by atoms with Crippen LogP contribution in [-0.2, 0) is 18.0 Å². The Balaban J connectivity index is 1.92. The van der Waals surface area contributed by atoms with Crippen LogP contribution >= 0.6 is 0 Å². The Morgan fingerprint density at radius 3 is 2.89 bits per heavy atom. The minimum absolute atomic E-state index is 0.00165. The van der Waals surface area contributed by atoms with E-state index < -0.39 is 34.4 Å². The summed E-state index contributed by atoms with van der Waals surface area (Å²) in [5.41, 5.74) is -1.03. The number of carbonyl (C=O) groups is 1. The number of carbonyl (C=O) groups excluding carboxylic acids is 1. The highest BCUT2D eigenvalue weighted by molar-refractivity contribution is 7.83. The number of benzene rings is 1. The first-order chi connectivity index (χ1) is 13.1. The minimum atomic E-state index is -1.70. The van der Waals surface area contributed by atoms with E-state index >= 15 is 0 Å². The van der Waals surface area contributed by atoms with Gasteiger partial charge >= 0.3 is 0 Å². The number of aromatic nitrogens is 1. The number of nitrogens with zero attached hydrogens (tertiary/aromatic N) is 2. The van der Waals surface area contributed by atoms with E-state index in [2.05, 4.69) is 10.0 Å². The highest BCUT2D eigenvalue weighted by Gasteiger charge is 2.35. The zero-order valence-electron chi connectivity index (χ0n) is 15.4. The first-order valence-corrected chi connectivity index (χ1v) is 9.50. The number of aryl methyl sites for hydroxylation is 1. The molecule has 2 atom stereocenters. The monoisotopic (exact) mass is 406 g/mol. The normalized spacial score (nSPS) is 19.1. The quantitative estimate of drug-likeness (QED) is 0.713. The van der Waals surface area contributed by atoms with Crippen LogP contribution in [0.25, 0.3) is 0 Å². The van der Waals surface area contributed by atoms with Crippen molar-refractivity contribution >= 4 is 22.6 Å². The summed E-state index contributed by atoms with van der Waals surface area (Å²) in [6.07, 6.45) is 1.51. The second-order valence-electron chi connectivity index (χ2n) is 6.95. The molecule has 2 aromatic rings. The molecule has 1 aromatic heterocycles. The molecule has 0 aliphatic carbocycles. The van der Waals surface area contributed by atoms with Crippen molar-refractivity contribution in [1.29, 1.82) is 5.26 Å². The van der Waals surface area contributed by atoms with Crippen LogP contribution in [-0.4, -0.2) is 38.0 Å². The van der Waals surface area contributed by atoms with Gasteiger partial charge in [-0.15, -0.1) is 0 Å². The Morgan fingerprint density at radius 1 is 1.54 bits per heavy atom. The summed E-state index contributed by atoms with van der Waals surface area (Å²) in [5.74, 6) is -1.12. The van der Waals surface area contributed by atoms with Crippen LogP contribution in [0.1, 0.15) is 29.9 Å². The van der Waals surface area contributed by atoms with E-state index in [9.17, 15) is 18.5 Å². The fourth-order valence-corrected chi connectivity index (χ4v) is 4.05. The molecule has 1 aliphatic heterocycles. The van der Waals surface area contributed by atoms with Crippen molar-refractivity contribution in [1.82, 2.24) is 9.29 Å². The third kappa shape index (κ3) is 3.77. The summed E-state index contributed by atoms with van der Waals surface area (Å²) in [4.78, 5) is 13.1. The standard InChI is InChI=1S/C18H19FN4O4S/c1-18(2,25)14-9-27-16-13(28(26)22-14)8-23(3)15(16)17(24)21-11-4-5-12(19)10(6-11)7-20/h4-6,8,14,22,25H,9H2,1-3H3,(H,21,24). The molecule has 2 heterocycles. The molecule has 0 saturated carbocycles. The van der Waals surface area contributed by atoms with E-state index in [0.29, 0.717) is 0 Å². The second kappa shape index (κ2) is 7.35. The summed E-state index contributed by atoms with van der Waals surface area (Å²) in [5, 5.41) is 21.7. The summed E-state index contributed by atoms with van der Waals surface area (Å²) < 4.78 is 36.1.